The Kier molecular flexibility index (Phi) is 5.83. The first-order chi connectivity index (χ1) is 16.5. The van der Waals surface area contributed by atoms with Gasteiger partial charge >= 0.3 is 0 Å². The van der Waals surface area contributed by atoms with E-state index in [1.54, 1.807) is 0 Å². The molecule has 1 fully saturated rings. The van der Waals surface area contributed by atoms with Crippen LogP contribution in [-0.2, 0) is 0 Å². The van der Waals surface area contributed by atoms with E-state index >= 15 is 0 Å². The highest BCUT2D eigenvalue weighted by atomic mass is 19.1. The van der Waals surface area contributed by atoms with Gasteiger partial charge in [0.05, 0.1) is 17.3 Å². The molecule has 34 heavy (non-hydrogen) atoms. The quantitative estimate of drug-likeness (QED) is 0.410. The maximum absolute atomic E-state index is 14.5. The van der Waals surface area contributed by atoms with E-state index in [0.29, 0.717) is 17.5 Å². The molecule has 0 aliphatic heterocycles. The number of aromatic amines is 1. The number of nitrogens with zero attached hydrogens (tertiary/aromatic N) is 4. The molecule has 3 N–H and O–H groups in total. The number of rotatable bonds is 5. The van der Waals surface area contributed by atoms with Crippen LogP contribution in [0.5, 0.6) is 0 Å². The minimum atomic E-state index is -0.737. The first-order valence-corrected chi connectivity index (χ1v) is 10.8. The van der Waals surface area contributed by atoms with E-state index in [1.165, 1.54) is 31.0 Å². The summed E-state index contributed by atoms with van der Waals surface area (Å²) < 4.78 is 42.3. The van der Waals surface area contributed by atoms with Crippen molar-refractivity contribution in [2.75, 3.05) is 5.32 Å². The van der Waals surface area contributed by atoms with E-state index in [2.05, 4.69) is 35.6 Å². The number of hydrogen-bond donors (Lipinski definition) is 3. The Labute approximate surface area is 192 Å². The molecule has 11 heteroatoms. The Morgan fingerprint density at radius 2 is 1.82 bits per heavy atom. The van der Waals surface area contributed by atoms with Gasteiger partial charge in [0.15, 0.2) is 17.5 Å². The van der Waals surface area contributed by atoms with E-state index in [9.17, 15) is 18.0 Å². The molecular weight excluding hydrogens is 447 g/mol. The lowest BCUT2D eigenvalue weighted by Gasteiger charge is -2.30. The summed E-state index contributed by atoms with van der Waals surface area (Å²) in [5, 5.41) is 6.34. The summed E-state index contributed by atoms with van der Waals surface area (Å²) in [7, 11) is 0. The molecule has 1 saturated carbocycles. The molecule has 0 radical (unpaired) electrons. The average molecular weight is 467 g/mol. The number of carbonyl (C=O) groups is 1. The predicted octanol–water partition coefficient (Wildman–Crippen LogP) is 3.99. The Balaban J connectivity index is 1.33. The Bertz CT molecular complexity index is 1350. The van der Waals surface area contributed by atoms with Gasteiger partial charge in [-0.15, -0.1) is 0 Å². The van der Waals surface area contributed by atoms with Gasteiger partial charge in [-0.05, 0) is 31.7 Å². The third kappa shape index (κ3) is 4.41. The number of fused-ring (bicyclic) bond motifs is 1. The molecule has 8 nitrogen and oxygen atoms in total. The normalized spacial score (nSPS) is 18.1. The molecule has 0 saturated heterocycles. The van der Waals surface area contributed by atoms with Crippen molar-refractivity contribution in [3.8, 4) is 11.4 Å². The number of aromatic nitrogens is 5. The fraction of sp³-hybridized carbons (Fsp3) is 0.261. The van der Waals surface area contributed by atoms with Crippen LogP contribution in [-0.4, -0.2) is 42.9 Å². The van der Waals surface area contributed by atoms with Gasteiger partial charge < -0.3 is 15.6 Å². The number of nitrogens with one attached hydrogen (secondary N) is 3. The average Bonchev–Trinajstić information content (AvgIpc) is 3.25. The summed E-state index contributed by atoms with van der Waals surface area (Å²) in [5.74, 6) is -2.26. The first-order valence-electron chi connectivity index (χ1n) is 10.8. The summed E-state index contributed by atoms with van der Waals surface area (Å²) in [5.41, 5.74) is 0.847. The van der Waals surface area contributed by atoms with E-state index < -0.39 is 17.5 Å². The molecule has 1 aliphatic carbocycles. The number of anilines is 1. The second kappa shape index (κ2) is 9.08. The number of benzene rings is 1. The summed E-state index contributed by atoms with van der Waals surface area (Å²) in [6, 6.07) is 1.71. The van der Waals surface area contributed by atoms with Gasteiger partial charge in [0.25, 0.3) is 5.91 Å². The van der Waals surface area contributed by atoms with Crippen LogP contribution in [0.3, 0.4) is 0 Å². The molecule has 1 aliphatic rings. The summed E-state index contributed by atoms with van der Waals surface area (Å²) >= 11 is 0. The van der Waals surface area contributed by atoms with E-state index in [0.717, 1.165) is 31.5 Å². The highest BCUT2D eigenvalue weighted by Gasteiger charge is 2.25. The van der Waals surface area contributed by atoms with Crippen molar-refractivity contribution in [3.05, 3.63) is 66.3 Å². The molecule has 174 valence electrons. The second-order valence-electron chi connectivity index (χ2n) is 8.21. The number of amides is 1. The minimum absolute atomic E-state index is 0.00957. The Morgan fingerprint density at radius 3 is 2.65 bits per heavy atom. The molecule has 0 bridgehead atoms. The summed E-state index contributed by atoms with van der Waals surface area (Å²) in [4.78, 5) is 31.2. The maximum Gasteiger partial charge on any atom is 0.254 e. The summed E-state index contributed by atoms with van der Waals surface area (Å²) in [6.45, 7) is 0. The fourth-order valence-corrected chi connectivity index (χ4v) is 4.27. The standard InChI is InChI=1S/C23H20F3N7O/c24-13-4-16-17(9-29-20(16)18(25)5-13)21-30-10-19(26)22(33-21)31-14-2-1-3-15(6-14)32-23(34)12-7-27-11-28-8-12/h4-5,7-11,14-15,29H,1-3,6H2,(H,32,34)(H,30,31,33)/t14-,15+/m0/s1. The van der Waals surface area contributed by atoms with Crippen molar-refractivity contribution in [1.29, 1.82) is 0 Å². The molecule has 5 rings (SSSR count). The van der Waals surface area contributed by atoms with Crippen molar-refractivity contribution in [2.45, 2.75) is 37.8 Å². The highest BCUT2D eigenvalue weighted by molar-refractivity contribution is 5.94. The molecule has 1 aromatic carbocycles. The Hall–Kier alpha value is -4.02. The van der Waals surface area contributed by atoms with Crippen LogP contribution >= 0.6 is 0 Å². The zero-order chi connectivity index (χ0) is 23.7. The number of halogens is 3. The van der Waals surface area contributed by atoms with Crippen LogP contribution in [0.2, 0.25) is 0 Å². The van der Waals surface area contributed by atoms with Crippen molar-refractivity contribution in [3.63, 3.8) is 0 Å². The third-order valence-corrected chi connectivity index (χ3v) is 5.86. The van der Waals surface area contributed by atoms with Gasteiger partial charge in [-0.3, -0.25) is 4.79 Å². The maximum atomic E-state index is 14.5. The monoisotopic (exact) mass is 467 g/mol. The second-order valence-corrected chi connectivity index (χ2v) is 8.21. The highest BCUT2D eigenvalue weighted by Crippen LogP contribution is 2.30. The van der Waals surface area contributed by atoms with Crippen molar-refractivity contribution >= 4 is 22.6 Å². The van der Waals surface area contributed by atoms with Crippen LogP contribution in [0, 0.1) is 17.5 Å². The lowest BCUT2D eigenvalue weighted by Crippen LogP contribution is -2.42. The molecule has 3 aromatic heterocycles. The largest absolute Gasteiger partial charge is 0.365 e. The minimum Gasteiger partial charge on any atom is -0.365 e. The van der Waals surface area contributed by atoms with E-state index in [4.69, 9.17) is 0 Å². The van der Waals surface area contributed by atoms with E-state index in [-0.39, 0.29) is 40.5 Å². The molecule has 3 heterocycles. The van der Waals surface area contributed by atoms with Crippen LogP contribution in [0.15, 0.2) is 43.2 Å². The molecule has 0 spiro atoms. The van der Waals surface area contributed by atoms with Crippen molar-refractivity contribution in [2.24, 2.45) is 0 Å². The topological polar surface area (TPSA) is 108 Å². The van der Waals surface area contributed by atoms with Gasteiger partial charge in [0, 0.05) is 47.7 Å². The van der Waals surface area contributed by atoms with Crippen LogP contribution in [0.4, 0.5) is 19.0 Å². The molecular formula is C23H20F3N7O. The SMILES string of the molecule is O=C(N[C@@H]1CCC[C@H](Nc2nc(-c3c[nH]c4c(F)cc(F)cc34)ncc2F)C1)c1cncnc1. The van der Waals surface area contributed by atoms with E-state index in [1.807, 2.05) is 0 Å². The fourth-order valence-electron chi connectivity index (χ4n) is 4.27. The van der Waals surface area contributed by atoms with Gasteiger partial charge in [0.2, 0.25) is 0 Å². The number of H-pyrrole nitrogens is 1. The van der Waals surface area contributed by atoms with Crippen LogP contribution in [0.25, 0.3) is 22.3 Å². The van der Waals surface area contributed by atoms with Gasteiger partial charge in [0.1, 0.15) is 18.0 Å². The first kappa shape index (κ1) is 21.8. The molecule has 0 unspecified atom stereocenters. The van der Waals surface area contributed by atoms with Gasteiger partial charge in [-0.2, -0.15) is 0 Å². The van der Waals surface area contributed by atoms with Gasteiger partial charge in [-0.25, -0.2) is 33.1 Å². The molecule has 1 amide bonds. The smallest absolute Gasteiger partial charge is 0.254 e. The van der Waals surface area contributed by atoms with Crippen molar-refractivity contribution < 1.29 is 18.0 Å². The Morgan fingerprint density at radius 1 is 1.03 bits per heavy atom. The van der Waals surface area contributed by atoms with Gasteiger partial charge in [-0.1, -0.05) is 0 Å². The van der Waals surface area contributed by atoms with Crippen LogP contribution in [0.1, 0.15) is 36.0 Å². The van der Waals surface area contributed by atoms with Crippen LogP contribution < -0.4 is 10.6 Å². The zero-order valence-electron chi connectivity index (χ0n) is 17.9. The zero-order valence-corrected chi connectivity index (χ0v) is 17.9. The predicted molar refractivity (Wildman–Crippen MR) is 118 cm³/mol. The summed E-state index contributed by atoms with van der Waals surface area (Å²) in [6.07, 6.45) is 9.69. The van der Waals surface area contributed by atoms with Crippen molar-refractivity contribution in [1.82, 2.24) is 30.2 Å². The number of hydrogen-bond acceptors (Lipinski definition) is 6. The number of carbonyl (C=O) groups excluding carboxylic acids is 1. The lowest BCUT2D eigenvalue weighted by atomic mass is 9.90. The lowest BCUT2D eigenvalue weighted by molar-refractivity contribution is 0.0925. The third-order valence-electron chi connectivity index (χ3n) is 5.86. The molecule has 2 atom stereocenters. The molecule has 4 aromatic rings.